The molecule has 1 saturated heterocycles. The molecule has 1 aromatic carbocycles. The predicted octanol–water partition coefficient (Wildman–Crippen LogP) is 2.05. The van der Waals surface area contributed by atoms with E-state index in [9.17, 15) is 0 Å². The lowest BCUT2D eigenvalue weighted by atomic mass is 10.1. The second-order valence-corrected chi connectivity index (χ2v) is 5.73. The molecule has 0 radical (unpaired) electrons. The number of guanidine groups is 1. The van der Waals surface area contributed by atoms with Crippen molar-refractivity contribution in [3.63, 3.8) is 0 Å². The summed E-state index contributed by atoms with van der Waals surface area (Å²) in [7, 11) is 4.17. The molecule has 2 rings (SSSR count). The lowest BCUT2D eigenvalue weighted by Crippen LogP contribution is -2.40. The molecule has 1 aromatic rings. The number of hydrogen-bond donors (Lipinski definition) is 1. The normalized spacial score (nSPS) is 16.8. The van der Waals surface area contributed by atoms with Crippen LogP contribution in [0.1, 0.15) is 30.4 Å². The summed E-state index contributed by atoms with van der Waals surface area (Å²) in [6, 6.07) is 8.47. The summed E-state index contributed by atoms with van der Waals surface area (Å²) >= 11 is 0. The first-order chi connectivity index (χ1) is 9.66. The van der Waals surface area contributed by atoms with Gasteiger partial charge in [-0.05, 0) is 44.5 Å². The van der Waals surface area contributed by atoms with E-state index in [-0.39, 0.29) is 0 Å². The average molecular weight is 274 g/mol. The van der Waals surface area contributed by atoms with Crippen LogP contribution < -0.4 is 5.73 Å². The van der Waals surface area contributed by atoms with Crippen LogP contribution in [0.25, 0.3) is 0 Å². The van der Waals surface area contributed by atoms with Crippen LogP contribution in [0.3, 0.4) is 0 Å². The summed E-state index contributed by atoms with van der Waals surface area (Å²) in [5, 5.41) is 0. The Morgan fingerprint density at radius 3 is 2.45 bits per heavy atom. The van der Waals surface area contributed by atoms with Crippen molar-refractivity contribution in [2.45, 2.75) is 32.4 Å². The van der Waals surface area contributed by atoms with E-state index in [1.165, 1.54) is 30.4 Å². The maximum Gasteiger partial charge on any atom is 0.191 e. The van der Waals surface area contributed by atoms with E-state index in [1.54, 1.807) is 0 Å². The number of rotatable bonds is 4. The highest BCUT2D eigenvalue weighted by Gasteiger charge is 2.12. The molecule has 0 amide bonds. The Morgan fingerprint density at radius 2 is 1.80 bits per heavy atom. The van der Waals surface area contributed by atoms with Gasteiger partial charge in [0.1, 0.15) is 0 Å². The Bertz CT molecular complexity index is 448. The third-order valence-corrected chi connectivity index (χ3v) is 3.70. The quantitative estimate of drug-likeness (QED) is 0.675. The van der Waals surface area contributed by atoms with Gasteiger partial charge in [0, 0.05) is 19.6 Å². The Balaban J connectivity index is 2.02. The van der Waals surface area contributed by atoms with E-state index in [2.05, 4.69) is 53.2 Å². The summed E-state index contributed by atoms with van der Waals surface area (Å²) in [6.07, 6.45) is 3.77. The third kappa shape index (κ3) is 4.23. The van der Waals surface area contributed by atoms with Crippen LogP contribution >= 0.6 is 0 Å². The van der Waals surface area contributed by atoms with Gasteiger partial charge in [-0.3, -0.25) is 0 Å². The highest BCUT2D eigenvalue weighted by Crippen LogP contribution is 2.13. The maximum atomic E-state index is 6.11. The van der Waals surface area contributed by atoms with Gasteiger partial charge >= 0.3 is 0 Å². The maximum absolute atomic E-state index is 6.11. The molecule has 1 fully saturated rings. The van der Waals surface area contributed by atoms with Gasteiger partial charge in [-0.2, -0.15) is 0 Å². The number of piperidine rings is 1. The van der Waals surface area contributed by atoms with Gasteiger partial charge in [-0.25, -0.2) is 4.99 Å². The van der Waals surface area contributed by atoms with Crippen molar-refractivity contribution in [3.05, 3.63) is 35.4 Å². The molecule has 4 heteroatoms. The summed E-state index contributed by atoms with van der Waals surface area (Å²) in [4.78, 5) is 8.97. The zero-order chi connectivity index (χ0) is 14.4. The molecule has 0 atom stereocenters. The number of likely N-dealkylation sites (tertiary alicyclic amines) is 1. The lowest BCUT2D eigenvalue weighted by Gasteiger charge is -2.27. The molecule has 0 bridgehead atoms. The molecule has 110 valence electrons. The van der Waals surface area contributed by atoms with Crippen molar-refractivity contribution >= 4 is 5.96 Å². The summed E-state index contributed by atoms with van der Waals surface area (Å²) < 4.78 is 0. The second-order valence-electron chi connectivity index (χ2n) is 5.73. The SMILES string of the molecule is CN(C)Cc1ccccc1CN=C(N)N1CCCCC1. The minimum atomic E-state index is 0.673. The number of hydrogen-bond acceptors (Lipinski definition) is 2. The monoisotopic (exact) mass is 274 g/mol. The highest BCUT2D eigenvalue weighted by molar-refractivity contribution is 5.78. The van der Waals surface area contributed by atoms with Gasteiger partial charge < -0.3 is 15.5 Å². The average Bonchev–Trinajstić information content (AvgIpc) is 2.46. The second kappa shape index (κ2) is 7.29. The van der Waals surface area contributed by atoms with Crippen LogP contribution in [0.4, 0.5) is 0 Å². The molecular formula is C16H26N4. The molecule has 0 aliphatic carbocycles. The molecule has 2 N–H and O–H groups in total. The van der Waals surface area contributed by atoms with E-state index in [4.69, 9.17) is 5.73 Å². The van der Waals surface area contributed by atoms with Gasteiger partial charge in [0.25, 0.3) is 0 Å². The van der Waals surface area contributed by atoms with Crippen LogP contribution in [0.2, 0.25) is 0 Å². The van der Waals surface area contributed by atoms with Gasteiger partial charge in [-0.1, -0.05) is 24.3 Å². The fourth-order valence-corrected chi connectivity index (χ4v) is 2.60. The predicted molar refractivity (Wildman–Crippen MR) is 84.6 cm³/mol. The third-order valence-electron chi connectivity index (χ3n) is 3.70. The lowest BCUT2D eigenvalue weighted by molar-refractivity contribution is 0.338. The van der Waals surface area contributed by atoms with Crippen LogP contribution in [0.5, 0.6) is 0 Å². The topological polar surface area (TPSA) is 44.9 Å². The molecule has 0 aromatic heterocycles. The fraction of sp³-hybridized carbons (Fsp3) is 0.562. The Labute approximate surface area is 122 Å². The molecule has 4 nitrogen and oxygen atoms in total. The van der Waals surface area contributed by atoms with E-state index >= 15 is 0 Å². The minimum Gasteiger partial charge on any atom is -0.370 e. The van der Waals surface area contributed by atoms with Crippen LogP contribution in [0, 0.1) is 0 Å². The number of benzene rings is 1. The Morgan fingerprint density at radius 1 is 1.15 bits per heavy atom. The standard InChI is InChI=1S/C16H26N4/c1-19(2)13-15-9-5-4-8-14(15)12-18-16(17)20-10-6-3-7-11-20/h4-5,8-9H,3,6-7,10-13H2,1-2H3,(H2,17,18). The minimum absolute atomic E-state index is 0.673. The zero-order valence-electron chi connectivity index (χ0n) is 12.7. The molecule has 20 heavy (non-hydrogen) atoms. The first-order valence-corrected chi connectivity index (χ1v) is 7.43. The molecule has 1 aliphatic heterocycles. The Kier molecular flexibility index (Phi) is 5.41. The number of nitrogens with two attached hydrogens (primary N) is 1. The smallest absolute Gasteiger partial charge is 0.191 e. The van der Waals surface area contributed by atoms with E-state index in [0.717, 1.165) is 19.6 Å². The highest BCUT2D eigenvalue weighted by atomic mass is 15.2. The van der Waals surface area contributed by atoms with Crippen molar-refractivity contribution in [1.82, 2.24) is 9.80 Å². The molecule has 1 heterocycles. The van der Waals surface area contributed by atoms with Crippen molar-refractivity contribution in [2.24, 2.45) is 10.7 Å². The van der Waals surface area contributed by atoms with Crippen molar-refractivity contribution in [3.8, 4) is 0 Å². The van der Waals surface area contributed by atoms with E-state index < -0.39 is 0 Å². The van der Waals surface area contributed by atoms with Crippen LogP contribution in [0.15, 0.2) is 29.3 Å². The van der Waals surface area contributed by atoms with Crippen molar-refractivity contribution in [1.29, 1.82) is 0 Å². The van der Waals surface area contributed by atoms with E-state index in [0.29, 0.717) is 12.5 Å². The molecular weight excluding hydrogens is 248 g/mol. The largest absolute Gasteiger partial charge is 0.370 e. The number of aliphatic imine (C=N–C) groups is 1. The van der Waals surface area contributed by atoms with Crippen molar-refractivity contribution < 1.29 is 0 Å². The molecule has 0 spiro atoms. The fourth-order valence-electron chi connectivity index (χ4n) is 2.60. The van der Waals surface area contributed by atoms with Crippen LogP contribution in [-0.2, 0) is 13.1 Å². The molecule has 0 unspecified atom stereocenters. The first kappa shape index (κ1) is 14.9. The van der Waals surface area contributed by atoms with E-state index in [1.807, 2.05) is 0 Å². The molecule has 0 saturated carbocycles. The first-order valence-electron chi connectivity index (χ1n) is 7.43. The number of nitrogens with zero attached hydrogens (tertiary/aromatic N) is 3. The summed E-state index contributed by atoms with van der Waals surface area (Å²) in [5.41, 5.74) is 8.70. The summed E-state index contributed by atoms with van der Waals surface area (Å²) in [6.45, 7) is 3.71. The van der Waals surface area contributed by atoms with Crippen molar-refractivity contribution in [2.75, 3.05) is 27.2 Å². The van der Waals surface area contributed by atoms with Gasteiger partial charge in [0.05, 0.1) is 6.54 Å². The van der Waals surface area contributed by atoms with Gasteiger partial charge in [-0.15, -0.1) is 0 Å². The summed E-state index contributed by atoms with van der Waals surface area (Å²) in [5.74, 6) is 0.698. The zero-order valence-corrected chi connectivity index (χ0v) is 12.7. The molecule has 1 aliphatic rings. The Hall–Kier alpha value is -1.55. The van der Waals surface area contributed by atoms with Gasteiger partial charge in [0.15, 0.2) is 5.96 Å². The van der Waals surface area contributed by atoms with Crippen LogP contribution in [-0.4, -0.2) is 42.9 Å². The van der Waals surface area contributed by atoms with Gasteiger partial charge in [0.2, 0.25) is 0 Å².